The molecule has 1 fully saturated rings. The molecule has 2 amide bonds. The van der Waals surface area contributed by atoms with Crippen molar-refractivity contribution in [1.29, 1.82) is 0 Å². The maximum Gasteiger partial charge on any atom is 0.329 e. The molecule has 2 aliphatic rings. The van der Waals surface area contributed by atoms with E-state index in [4.69, 9.17) is 9.47 Å². The van der Waals surface area contributed by atoms with Crippen LogP contribution in [0.1, 0.15) is 30.1 Å². The van der Waals surface area contributed by atoms with E-state index in [-0.39, 0.29) is 11.3 Å². The van der Waals surface area contributed by atoms with Gasteiger partial charge in [-0.1, -0.05) is 12.2 Å². The van der Waals surface area contributed by atoms with Crippen molar-refractivity contribution >= 4 is 23.6 Å². The first-order chi connectivity index (χ1) is 13.3. The molecule has 0 bridgehead atoms. The number of fused-ring (bicyclic) bond motifs is 1. The van der Waals surface area contributed by atoms with Crippen LogP contribution in [0.4, 0.5) is 4.39 Å². The lowest BCUT2D eigenvalue weighted by molar-refractivity contribution is -0.157. The lowest BCUT2D eigenvalue weighted by Gasteiger charge is -2.21. The minimum atomic E-state index is -1.13. The van der Waals surface area contributed by atoms with Gasteiger partial charge in [0.25, 0.3) is 0 Å². The molecule has 0 N–H and O–H groups in total. The monoisotopic (exact) mass is 389 g/mol. The fraction of sp³-hybridized carbons (Fsp3) is 0.400. The number of carbonyl (C=O) groups is 4. The van der Waals surface area contributed by atoms with Crippen LogP contribution in [0.5, 0.6) is 5.75 Å². The molecular formula is C20H20FNO6. The average Bonchev–Trinajstić information content (AvgIpc) is 2.96. The molecular weight excluding hydrogens is 369 g/mol. The van der Waals surface area contributed by atoms with Crippen molar-refractivity contribution < 1.29 is 33.0 Å². The fourth-order valence-electron chi connectivity index (χ4n) is 3.49. The van der Waals surface area contributed by atoms with Gasteiger partial charge in [-0.05, 0) is 38.0 Å². The Hall–Kier alpha value is -3.03. The number of Topliss-reactive ketones (excluding diaryl/α,β-unsaturated/α-hetero) is 1. The topological polar surface area (TPSA) is 90.0 Å². The summed E-state index contributed by atoms with van der Waals surface area (Å²) >= 11 is 0. The molecule has 1 saturated heterocycles. The molecule has 7 nitrogen and oxygen atoms in total. The summed E-state index contributed by atoms with van der Waals surface area (Å²) in [5.41, 5.74) is 0.0178. The number of hydrogen-bond donors (Lipinski definition) is 0. The van der Waals surface area contributed by atoms with Gasteiger partial charge in [0.05, 0.1) is 18.9 Å². The largest absolute Gasteiger partial charge is 0.494 e. The number of carbonyl (C=O) groups excluding carboxylic acids is 4. The molecule has 148 valence electrons. The standard InChI is InChI=1S/C20H20FNO6/c1-11(22-18(24)13-5-3-4-6-14(13)19(22)25)20(26)28-10-16(23)12-7-8-17(27-2)15(21)9-12/h3-4,7-9,11,13-14H,5-6,10H2,1-2H3/t11-,13-,14-/m0/s1. The number of methoxy groups -OCH3 is 1. The first kappa shape index (κ1) is 19.7. The van der Waals surface area contributed by atoms with E-state index in [1.54, 1.807) is 0 Å². The van der Waals surface area contributed by atoms with E-state index in [2.05, 4.69) is 0 Å². The highest BCUT2D eigenvalue weighted by atomic mass is 19.1. The molecule has 0 spiro atoms. The van der Waals surface area contributed by atoms with Crippen LogP contribution in [0.15, 0.2) is 30.4 Å². The molecule has 1 aliphatic heterocycles. The van der Waals surface area contributed by atoms with Crippen LogP contribution in [-0.2, 0) is 19.1 Å². The molecule has 1 aromatic carbocycles. The van der Waals surface area contributed by atoms with Crippen LogP contribution in [0.25, 0.3) is 0 Å². The van der Waals surface area contributed by atoms with E-state index >= 15 is 0 Å². The lowest BCUT2D eigenvalue weighted by atomic mass is 9.85. The lowest BCUT2D eigenvalue weighted by Crippen LogP contribution is -2.44. The molecule has 8 heteroatoms. The SMILES string of the molecule is COc1ccc(C(=O)COC(=O)[C@H](C)N2C(=O)[C@H]3CC=CC[C@@H]3C2=O)cc1F. The summed E-state index contributed by atoms with van der Waals surface area (Å²) in [4.78, 5) is 50.4. The predicted molar refractivity (Wildman–Crippen MR) is 94.9 cm³/mol. The van der Waals surface area contributed by atoms with Gasteiger partial charge >= 0.3 is 5.97 Å². The number of allylic oxidation sites excluding steroid dienone is 2. The Labute approximate surface area is 161 Å². The molecule has 0 aromatic heterocycles. The van der Waals surface area contributed by atoms with Gasteiger partial charge in [-0.2, -0.15) is 0 Å². The van der Waals surface area contributed by atoms with E-state index in [0.29, 0.717) is 12.8 Å². The number of amides is 2. The van der Waals surface area contributed by atoms with Crippen molar-refractivity contribution in [2.75, 3.05) is 13.7 Å². The zero-order chi connectivity index (χ0) is 20.4. The molecule has 0 unspecified atom stereocenters. The Bertz CT molecular complexity index is 838. The van der Waals surface area contributed by atoms with Crippen LogP contribution >= 0.6 is 0 Å². The summed E-state index contributed by atoms with van der Waals surface area (Å²) < 4.78 is 23.5. The number of imide groups is 1. The number of likely N-dealkylation sites (tertiary alicyclic amines) is 1. The molecule has 3 atom stereocenters. The Morgan fingerprint density at radius 2 is 1.79 bits per heavy atom. The second-order valence-electron chi connectivity index (χ2n) is 6.76. The first-order valence-electron chi connectivity index (χ1n) is 8.90. The second-order valence-corrected chi connectivity index (χ2v) is 6.76. The minimum absolute atomic E-state index is 0.0100. The van der Waals surface area contributed by atoms with Crippen LogP contribution in [0, 0.1) is 17.7 Å². The molecule has 3 rings (SSSR count). The average molecular weight is 389 g/mol. The van der Waals surface area contributed by atoms with Gasteiger partial charge < -0.3 is 9.47 Å². The summed E-state index contributed by atoms with van der Waals surface area (Å²) in [7, 11) is 1.30. The number of hydrogen-bond acceptors (Lipinski definition) is 6. The smallest absolute Gasteiger partial charge is 0.329 e. The minimum Gasteiger partial charge on any atom is -0.494 e. The molecule has 28 heavy (non-hydrogen) atoms. The van der Waals surface area contributed by atoms with Crippen LogP contribution in [-0.4, -0.2) is 48.2 Å². The van der Waals surface area contributed by atoms with Crippen molar-refractivity contribution in [2.45, 2.75) is 25.8 Å². The highest BCUT2D eigenvalue weighted by Crippen LogP contribution is 2.36. The zero-order valence-electron chi connectivity index (χ0n) is 15.5. The summed E-state index contributed by atoms with van der Waals surface area (Å²) in [6, 6.07) is 2.51. The molecule has 1 aromatic rings. The van der Waals surface area contributed by atoms with Crippen molar-refractivity contribution in [2.24, 2.45) is 11.8 Å². The van der Waals surface area contributed by atoms with Gasteiger partial charge in [-0.25, -0.2) is 9.18 Å². The summed E-state index contributed by atoms with van der Waals surface area (Å²) in [5, 5.41) is 0. The summed E-state index contributed by atoms with van der Waals surface area (Å²) in [6.45, 7) is 0.764. The number of ether oxygens (including phenoxy) is 2. The molecule has 0 radical (unpaired) electrons. The zero-order valence-corrected chi connectivity index (χ0v) is 15.5. The second kappa shape index (κ2) is 7.92. The first-order valence-corrected chi connectivity index (χ1v) is 8.90. The predicted octanol–water partition coefficient (Wildman–Crippen LogP) is 1.90. The van der Waals surface area contributed by atoms with Crippen molar-refractivity contribution in [3.8, 4) is 5.75 Å². The highest BCUT2D eigenvalue weighted by Gasteiger charge is 2.50. The molecule has 1 heterocycles. The Kier molecular flexibility index (Phi) is 5.58. The summed E-state index contributed by atoms with van der Waals surface area (Å²) in [5.74, 6) is -3.88. The number of rotatable bonds is 6. The highest BCUT2D eigenvalue weighted by molar-refractivity contribution is 6.08. The van der Waals surface area contributed by atoms with Crippen molar-refractivity contribution in [3.63, 3.8) is 0 Å². The van der Waals surface area contributed by atoms with Crippen LogP contribution < -0.4 is 4.74 Å². The maximum absolute atomic E-state index is 13.7. The molecule has 1 aliphatic carbocycles. The van der Waals surface area contributed by atoms with Gasteiger partial charge in [-0.3, -0.25) is 19.3 Å². The number of ketones is 1. The number of benzene rings is 1. The quantitative estimate of drug-likeness (QED) is 0.320. The van der Waals surface area contributed by atoms with E-state index in [1.165, 1.54) is 26.2 Å². The van der Waals surface area contributed by atoms with Gasteiger partial charge in [0.1, 0.15) is 6.04 Å². The van der Waals surface area contributed by atoms with Crippen LogP contribution in [0.2, 0.25) is 0 Å². The fourth-order valence-corrected chi connectivity index (χ4v) is 3.49. The van der Waals surface area contributed by atoms with E-state index in [9.17, 15) is 23.6 Å². The van der Waals surface area contributed by atoms with Crippen LogP contribution in [0.3, 0.4) is 0 Å². The van der Waals surface area contributed by atoms with Gasteiger partial charge in [0.15, 0.2) is 24.0 Å². The van der Waals surface area contributed by atoms with Crippen molar-refractivity contribution in [1.82, 2.24) is 4.90 Å². The third-order valence-electron chi connectivity index (χ3n) is 5.09. The number of halogens is 1. The molecule has 0 saturated carbocycles. The third-order valence-corrected chi connectivity index (χ3v) is 5.09. The van der Waals surface area contributed by atoms with E-state index in [1.807, 2.05) is 12.2 Å². The summed E-state index contributed by atoms with van der Waals surface area (Å²) in [6.07, 6.45) is 4.64. The normalized spacial score (nSPS) is 22.0. The van der Waals surface area contributed by atoms with Crippen molar-refractivity contribution in [3.05, 3.63) is 41.7 Å². The van der Waals surface area contributed by atoms with Gasteiger partial charge in [0.2, 0.25) is 11.8 Å². The number of esters is 1. The van der Waals surface area contributed by atoms with E-state index in [0.717, 1.165) is 11.0 Å². The van der Waals surface area contributed by atoms with Gasteiger partial charge in [-0.15, -0.1) is 0 Å². The maximum atomic E-state index is 13.7. The van der Waals surface area contributed by atoms with Gasteiger partial charge in [0, 0.05) is 5.56 Å². The number of nitrogens with zero attached hydrogens (tertiary/aromatic N) is 1. The van der Waals surface area contributed by atoms with E-state index < -0.39 is 53.9 Å². The Morgan fingerprint density at radius 1 is 1.18 bits per heavy atom. The third kappa shape index (κ3) is 3.54. The Morgan fingerprint density at radius 3 is 2.32 bits per heavy atom. The Balaban J connectivity index is 1.61.